The van der Waals surface area contributed by atoms with Gasteiger partial charge < -0.3 is 29.8 Å². The smallest absolute Gasteiger partial charge is 0.161 e. The SMILES string of the molecule is COCCCOc1cc(C[C@@H](C[C@H](N)[C@@H](O)C[C@H](C(=O)CCC2(C)COC2)C(C)C)C(C)C)ccc1OC. The van der Waals surface area contributed by atoms with Gasteiger partial charge in [-0.2, -0.15) is 0 Å². The third-order valence-corrected chi connectivity index (χ3v) is 8.08. The van der Waals surface area contributed by atoms with Crippen LogP contribution in [-0.4, -0.2) is 63.7 Å². The highest BCUT2D eigenvalue weighted by Crippen LogP contribution is 2.34. The molecule has 7 nitrogen and oxygen atoms in total. The van der Waals surface area contributed by atoms with Gasteiger partial charge in [0.25, 0.3) is 0 Å². The summed E-state index contributed by atoms with van der Waals surface area (Å²) in [4.78, 5) is 13.1. The zero-order chi connectivity index (χ0) is 28.3. The second-order valence-corrected chi connectivity index (χ2v) is 12.2. The van der Waals surface area contributed by atoms with Gasteiger partial charge in [0.05, 0.1) is 33.0 Å². The molecule has 1 aromatic rings. The van der Waals surface area contributed by atoms with Crippen LogP contribution in [0.1, 0.15) is 72.3 Å². The molecule has 4 atom stereocenters. The van der Waals surface area contributed by atoms with Crippen LogP contribution < -0.4 is 15.2 Å². The first kappa shape index (κ1) is 32.5. The number of Topliss-reactive ketones (excluding diaryl/α,β-unsaturated/α-hetero) is 1. The number of aliphatic hydroxyl groups is 1. The molecule has 0 saturated carbocycles. The summed E-state index contributed by atoms with van der Waals surface area (Å²) in [7, 11) is 3.33. The number of rotatable bonds is 19. The molecule has 1 aliphatic heterocycles. The lowest BCUT2D eigenvalue weighted by Gasteiger charge is -2.38. The highest BCUT2D eigenvalue weighted by Gasteiger charge is 2.35. The Kier molecular flexibility index (Phi) is 13.5. The maximum atomic E-state index is 13.1. The van der Waals surface area contributed by atoms with Crippen LogP contribution in [0.3, 0.4) is 0 Å². The molecule has 38 heavy (non-hydrogen) atoms. The molecule has 218 valence electrons. The second-order valence-electron chi connectivity index (χ2n) is 12.2. The Balaban J connectivity index is 1.99. The Morgan fingerprint density at radius 1 is 1.08 bits per heavy atom. The van der Waals surface area contributed by atoms with E-state index < -0.39 is 12.1 Å². The van der Waals surface area contributed by atoms with Crippen molar-refractivity contribution in [2.24, 2.45) is 34.8 Å². The molecule has 2 rings (SSSR count). The first-order valence-corrected chi connectivity index (χ1v) is 14.3. The average molecular weight is 536 g/mol. The van der Waals surface area contributed by atoms with E-state index in [1.54, 1.807) is 14.2 Å². The number of nitrogens with two attached hydrogens (primary N) is 1. The molecule has 0 unspecified atom stereocenters. The second kappa shape index (κ2) is 15.8. The quantitative estimate of drug-likeness (QED) is 0.239. The number of carbonyl (C=O) groups is 1. The minimum absolute atomic E-state index is 0.118. The molecule has 7 heteroatoms. The predicted molar refractivity (Wildman–Crippen MR) is 152 cm³/mol. The fourth-order valence-corrected chi connectivity index (χ4v) is 5.16. The Morgan fingerprint density at radius 2 is 1.79 bits per heavy atom. The molecule has 0 radical (unpaired) electrons. The van der Waals surface area contributed by atoms with E-state index in [0.717, 1.165) is 43.8 Å². The number of aliphatic hydroxyl groups excluding tert-OH is 1. The number of benzene rings is 1. The van der Waals surface area contributed by atoms with Gasteiger partial charge >= 0.3 is 0 Å². The molecule has 0 bridgehead atoms. The van der Waals surface area contributed by atoms with Crippen LogP contribution in [0.25, 0.3) is 0 Å². The van der Waals surface area contributed by atoms with Gasteiger partial charge in [0.2, 0.25) is 0 Å². The van der Waals surface area contributed by atoms with Gasteiger partial charge in [-0.15, -0.1) is 0 Å². The van der Waals surface area contributed by atoms with Gasteiger partial charge in [-0.05, 0) is 61.1 Å². The van der Waals surface area contributed by atoms with Crippen molar-refractivity contribution in [2.45, 2.75) is 85.3 Å². The Hall–Kier alpha value is -1.67. The summed E-state index contributed by atoms with van der Waals surface area (Å²) < 4.78 is 21.9. The molecular formula is C31H53NO6. The lowest BCUT2D eigenvalue weighted by Crippen LogP contribution is -2.42. The zero-order valence-corrected chi connectivity index (χ0v) is 24.8. The largest absolute Gasteiger partial charge is 0.493 e. The van der Waals surface area contributed by atoms with Crippen molar-refractivity contribution in [3.63, 3.8) is 0 Å². The number of ketones is 1. The molecule has 0 spiro atoms. The molecule has 1 saturated heterocycles. The van der Waals surface area contributed by atoms with Crippen molar-refractivity contribution in [1.82, 2.24) is 0 Å². The zero-order valence-electron chi connectivity index (χ0n) is 24.8. The number of methoxy groups -OCH3 is 2. The lowest BCUT2D eigenvalue weighted by molar-refractivity contribution is -0.131. The van der Waals surface area contributed by atoms with Crippen LogP contribution in [-0.2, 0) is 20.7 Å². The fourth-order valence-electron chi connectivity index (χ4n) is 5.16. The molecule has 1 fully saturated rings. The average Bonchev–Trinajstić information content (AvgIpc) is 2.86. The molecule has 1 aromatic carbocycles. The molecule has 0 aliphatic carbocycles. The lowest BCUT2D eigenvalue weighted by atomic mass is 9.77. The van der Waals surface area contributed by atoms with E-state index in [4.69, 9.17) is 24.7 Å². The molecular weight excluding hydrogens is 482 g/mol. The number of hydrogen-bond donors (Lipinski definition) is 2. The van der Waals surface area contributed by atoms with E-state index in [1.165, 1.54) is 0 Å². The molecule has 1 heterocycles. The summed E-state index contributed by atoms with van der Waals surface area (Å²) in [6.45, 7) is 13.3. The molecule has 0 aromatic heterocycles. The molecule has 3 N–H and O–H groups in total. The predicted octanol–water partition coefficient (Wildman–Crippen LogP) is 5.05. The van der Waals surface area contributed by atoms with Gasteiger partial charge in [0, 0.05) is 43.9 Å². The van der Waals surface area contributed by atoms with Crippen LogP contribution in [0.5, 0.6) is 11.5 Å². The summed E-state index contributed by atoms with van der Waals surface area (Å²) in [5, 5.41) is 11.1. The topological polar surface area (TPSA) is 100 Å². The highest BCUT2D eigenvalue weighted by atomic mass is 16.5. The van der Waals surface area contributed by atoms with Crippen LogP contribution in [0.4, 0.5) is 0 Å². The fraction of sp³-hybridized carbons (Fsp3) is 0.774. The third kappa shape index (κ3) is 10.1. The summed E-state index contributed by atoms with van der Waals surface area (Å²) in [6, 6.07) is 5.67. The number of carbonyl (C=O) groups excluding carboxylic acids is 1. The molecule has 1 aliphatic rings. The van der Waals surface area contributed by atoms with Crippen molar-refractivity contribution in [1.29, 1.82) is 0 Å². The van der Waals surface area contributed by atoms with Crippen LogP contribution in [0.2, 0.25) is 0 Å². The van der Waals surface area contributed by atoms with Gasteiger partial charge in [-0.3, -0.25) is 4.79 Å². The number of ether oxygens (including phenoxy) is 4. The van der Waals surface area contributed by atoms with E-state index in [0.29, 0.717) is 44.1 Å². The summed E-state index contributed by atoms with van der Waals surface area (Å²) in [5.74, 6) is 2.32. The normalized spacial score (nSPS) is 18.1. The van der Waals surface area contributed by atoms with Gasteiger partial charge in [0.1, 0.15) is 5.78 Å². The van der Waals surface area contributed by atoms with E-state index in [9.17, 15) is 9.90 Å². The van der Waals surface area contributed by atoms with Crippen LogP contribution in [0.15, 0.2) is 18.2 Å². The van der Waals surface area contributed by atoms with Gasteiger partial charge in [-0.1, -0.05) is 40.7 Å². The van der Waals surface area contributed by atoms with Crippen molar-refractivity contribution < 1.29 is 28.8 Å². The summed E-state index contributed by atoms with van der Waals surface area (Å²) in [6.07, 6.45) is 3.38. The minimum atomic E-state index is -0.717. The third-order valence-electron chi connectivity index (χ3n) is 8.08. The van der Waals surface area contributed by atoms with E-state index in [-0.39, 0.29) is 29.0 Å². The van der Waals surface area contributed by atoms with Crippen molar-refractivity contribution in [3.8, 4) is 11.5 Å². The molecule has 0 amide bonds. The van der Waals surface area contributed by atoms with Crippen molar-refractivity contribution in [3.05, 3.63) is 23.8 Å². The minimum Gasteiger partial charge on any atom is -0.493 e. The standard InChI is InChI=1S/C31H53NO6/c1-21(2)24(15-23-9-10-29(36-7)30(16-23)38-14-8-13-35-6)17-26(32)28(34)18-25(22(3)4)27(33)11-12-31(5)19-37-20-31/h9-10,16,21-22,24-26,28,34H,8,11-15,17-20,32H2,1-7H3/t24-,25-,26-,28-/m0/s1. The van der Waals surface area contributed by atoms with Crippen molar-refractivity contribution in [2.75, 3.05) is 40.6 Å². The van der Waals surface area contributed by atoms with Gasteiger partial charge in [-0.25, -0.2) is 0 Å². The van der Waals surface area contributed by atoms with E-state index in [2.05, 4.69) is 40.7 Å². The Morgan fingerprint density at radius 3 is 2.34 bits per heavy atom. The van der Waals surface area contributed by atoms with Crippen LogP contribution >= 0.6 is 0 Å². The van der Waals surface area contributed by atoms with E-state index >= 15 is 0 Å². The van der Waals surface area contributed by atoms with Crippen LogP contribution in [0, 0.1) is 29.1 Å². The maximum absolute atomic E-state index is 13.1. The Bertz CT molecular complexity index is 838. The Labute approximate surface area is 230 Å². The summed E-state index contributed by atoms with van der Waals surface area (Å²) in [5.41, 5.74) is 7.84. The van der Waals surface area contributed by atoms with E-state index in [1.807, 2.05) is 12.1 Å². The highest BCUT2D eigenvalue weighted by molar-refractivity contribution is 5.81. The number of hydrogen-bond acceptors (Lipinski definition) is 7. The summed E-state index contributed by atoms with van der Waals surface area (Å²) >= 11 is 0. The monoisotopic (exact) mass is 535 g/mol. The first-order chi connectivity index (χ1) is 18.0. The maximum Gasteiger partial charge on any atom is 0.161 e. The first-order valence-electron chi connectivity index (χ1n) is 14.3. The van der Waals surface area contributed by atoms with Crippen molar-refractivity contribution >= 4 is 5.78 Å². The van der Waals surface area contributed by atoms with Gasteiger partial charge in [0.15, 0.2) is 11.5 Å².